The lowest BCUT2D eigenvalue weighted by Gasteiger charge is -2.14. The molecular weight excluding hydrogens is 362 g/mol. The molecule has 5 heteroatoms. The maximum Gasteiger partial charge on any atom is 0.276 e. The Balaban J connectivity index is 1.90. The SMILES string of the molecule is COc1ccc(Cn2ncc3c(-c4ccc(C)c(C)c4)c(C)n(C)c(=O)c32)cc1. The van der Waals surface area contributed by atoms with Crippen molar-refractivity contribution in [2.45, 2.75) is 27.3 Å². The molecule has 5 nitrogen and oxygen atoms in total. The smallest absolute Gasteiger partial charge is 0.276 e. The molecule has 4 rings (SSSR count). The van der Waals surface area contributed by atoms with Crippen LogP contribution in [0.4, 0.5) is 0 Å². The Bertz CT molecular complexity index is 1260. The Morgan fingerprint density at radius 2 is 1.72 bits per heavy atom. The Hall–Kier alpha value is -3.34. The number of aryl methyl sites for hydroxylation is 2. The van der Waals surface area contributed by atoms with Crippen molar-refractivity contribution in [3.05, 3.63) is 81.4 Å². The molecule has 2 heterocycles. The molecule has 0 saturated carbocycles. The molecule has 0 fully saturated rings. The molecule has 0 spiro atoms. The highest BCUT2D eigenvalue weighted by molar-refractivity contribution is 5.95. The Labute approximate surface area is 170 Å². The molecular formula is C24H25N3O2. The van der Waals surface area contributed by atoms with Crippen molar-refractivity contribution in [2.24, 2.45) is 7.05 Å². The minimum atomic E-state index is -0.0314. The summed E-state index contributed by atoms with van der Waals surface area (Å²) in [6.45, 7) is 6.74. The average molecular weight is 387 g/mol. The molecule has 2 aromatic heterocycles. The number of aromatic nitrogens is 3. The van der Waals surface area contributed by atoms with Gasteiger partial charge in [0.1, 0.15) is 11.3 Å². The van der Waals surface area contributed by atoms with Crippen LogP contribution in [0.15, 0.2) is 53.5 Å². The van der Waals surface area contributed by atoms with E-state index in [-0.39, 0.29) is 5.56 Å². The van der Waals surface area contributed by atoms with Crippen LogP contribution in [0.25, 0.3) is 22.0 Å². The lowest BCUT2D eigenvalue weighted by Crippen LogP contribution is -2.22. The molecule has 0 unspecified atom stereocenters. The van der Waals surface area contributed by atoms with Gasteiger partial charge >= 0.3 is 0 Å². The largest absolute Gasteiger partial charge is 0.497 e. The molecule has 0 atom stereocenters. The number of rotatable bonds is 4. The summed E-state index contributed by atoms with van der Waals surface area (Å²) in [4.78, 5) is 13.1. The third kappa shape index (κ3) is 3.23. The first-order chi connectivity index (χ1) is 13.9. The van der Waals surface area contributed by atoms with Gasteiger partial charge in [0.25, 0.3) is 5.56 Å². The predicted molar refractivity (Wildman–Crippen MR) is 117 cm³/mol. The summed E-state index contributed by atoms with van der Waals surface area (Å²) in [6.07, 6.45) is 1.82. The summed E-state index contributed by atoms with van der Waals surface area (Å²) in [5.41, 5.74) is 7.25. The lowest BCUT2D eigenvalue weighted by molar-refractivity contribution is 0.414. The predicted octanol–water partition coefficient (Wildman–Crippen LogP) is 4.38. The van der Waals surface area contributed by atoms with Gasteiger partial charge in [0.2, 0.25) is 0 Å². The second-order valence-corrected chi connectivity index (χ2v) is 7.54. The molecule has 0 radical (unpaired) electrons. The van der Waals surface area contributed by atoms with Gasteiger partial charge in [-0.25, -0.2) is 0 Å². The number of ether oxygens (including phenoxy) is 1. The number of hydrogen-bond donors (Lipinski definition) is 0. The van der Waals surface area contributed by atoms with E-state index in [1.807, 2.05) is 44.4 Å². The van der Waals surface area contributed by atoms with Crippen molar-refractivity contribution < 1.29 is 4.74 Å². The van der Waals surface area contributed by atoms with Crippen LogP contribution < -0.4 is 10.3 Å². The zero-order valence-corrected chi connectivity index (χ0v) is 17.5. The van der Waals surface area contributed by atoms with E-state index in [0.717, 1.165) is 33.5 Å². The first kappa shape index (κ1) is 19.0. The van der Waals surface area contributed by atoms with Crippen LogP contribution in [0.1, 0.15) is 22.4 Å². The molecule has 0 saturated heterocycles. The third-order valence-electron chi connectivity index (χ3n) is 5.77. The van der Waals surface area contributed by atoms with Gasteiger partial charge in [-0.05, 0) is 55.2 Å². The van der Waals surface area contributed by atoms with Crippen LogP contribution in [0.3, 0.4) is 0 Å². The molecule has 0 bridgehead atoms. The van der Waals surface area contributed by atoms with Crippen molar-refractivity contribution in [3.8, 4) is 16.9 Å². The first-order valence-electron chi connectivity index (χ1n) is 9.66. The zero-order chi connectivity index (χ0) is 20.7. The van der Waals surface area contributed by atoms with Gasteiger partial charge < -0.3 is 9.30 Å². The summed E-state index contributed by atoms with van der Waals surface area (Å²) in [7, 11) is 3.47. The second-order valence-electron chi connectivity index (χ2n) is 7.54. The number of hydrogen-bond acceptors (Lipinski definition) is 3. The van der Waals surface area contributed by atoms with Gasteiger partial charge in [0.05, 0.1) is 19.9 Å². The van der Waals surface area contributed by atoms with Crippen LogP contribution in [0.2, 0.25) is 0 Å². The molecule has 0 aliphatic rings. The fraction of sp³-hybridized carbons (Fsp3) is 0.250. The molecule has 0 amide bonds. The molecule has 0 N–H and O–H groups in total. The van der Waals surface area contributed by atoms with Crippen molar-refractivity contribution in [1.29, 1.82) is 0 Å². The highest BCUT2D eigenvalue weighted by Gasteiger charge is 2.18. The third-order valence-corrected chi connectivity index (χ3v) is 5.77. The number of pyridine rings is 1. The maximum absolute atomic E-state index is 13.1. The first-order valence-corrected chi connectivity index (χ1v) is 9.66. The average Bonchev–Trinajstić information content (AvgIpc) is 3.13. The molecule has 148 valence electrons. The van der Waals surface area contributed by atoms with Gasteiger partial charge in [-0.3, -0.25) is 9.48 Å². The minimum absolute atomic E-state index is 0.0314. The monoisotopic (exact) mass is 387 g/mol. The Kier molecular flexibility index (Phi) is 4.74. The number of fused-ring (bicyclic) bond motifs is 1. The summed E-state index contributed by atoms with van der Waals surface area (Å²) in [5.74, 6) is 0.808. The van der Waals surface area contributed by atoms with E-state index in [0.29, 0.717) is 12.1 Å². The number of nitrogens with zero attached hydrogens (tertiary/aromatic N) is 3. The summed E-state index contributed by atoms with van der Waals surface area (Å²) >= 11 is 0. The van der Waals surface area contributed by atoms with Gasteiger partial charge in [0, 0.05) is 23.7 Å². The van der Waals surface area contributed by atoms with Gasteiger partial charge in [-0.1, -0.05) is 30.3 Å². The van der Waals surface area contributed by atoms with Crippen LogP contribution in [-0.2, 0) is 13.6 Å². The van der Waals surface area contributed by atoms with E-state index in [1.54, 1.807) is 16.4 Å². The molecule has 0 aliphatic heterocycles. The van der Waals surface area contributed by atoms with Crippen molar-refractivity contribution in [1.82, 2.24) is 14.3 Å². The normalized spacial score (nSPS) is 11.2. The fourth-order valence-corrected chi connectivity index (χ4v) is 3.75. The van der Waals surface area contributed by atoms with Gasteiger partial charge in [-0.15, -0.1) is 0 Å². The van der Waals surface area contributed by atoms with Crippen LogP contribution in [-0.4, -0.2) is 21.5 Å². The Morgan fingerprint density at radius 3 is 2.38 bits per heavy atom. The Morgan fingerprint density at radius 1 is 1.00 bits per heavy atom. The summed E-state index contributed by atoms with van der Waals surface area (Å²) in [5, 5.41) is 5.47. The zero-order valence-electron chi connectivity index (χ0n) is 17.5. The topological polar surface area (TPSA) is 49.0 Å². The van der Waals surface area contributed by atoms with E-state index in [2.05, 4.69) is 37.1 Å². The molecule has 0 aliphatic carbocycles. The van der Waals surface area contributed by atoms with Crippen molar-refractivity contribution in [3.63, 3.8) is 0 Å². The van der Waals surface area contributed by atoms with Crippen LogP contribution in [0.5, 0.6) is 5.75 Å². The summed E-state index contributed by atoms with van der Waals surface area (Å²) in [6, 6.07) is 14.3. The number of benzene rings is 2. The molecule has 29 heavy (non-hydrogen) atoms. The molecule has 2 aromatic carbocycles. The molecule has 4 aromatic rings. The van der Waals surface area contributed by atoms with Gasteiger partial charge in [0.15, 0.2) is 0 Å². The quantitative estimate of drug-likeness (QED) is 0.522. The van der Waals surface area contributed by atoms with Crippen LogP contribution in [0, 0.1) is 20.8 Å². The highest BCUT2D eigenvalue weighted by atomic mass is 16.5. The van der Waals surface area contributed by atoms with E-state index >= 15 is 0 Å². The van der Waals surface area contributed by atoms with Crippen molar-refractivity contribution in [2.75, 3.05) is 7.11 Å². The van der Waals surface area contributed by atoms with E-state index in [9.17, 15) is 4.79 Å². The van der Waals surface area contributed by atoms with E-state index in [1.165, 1.54) is 11.1 Å². The van der Waals surface area contributed by atoms with E-state index in [4.69, 9.17) is 4.74 Å². The van der Waals surface area contributed by atoms with E-state index < -0.39 is 0 Å². The standard InChI is InChI=1S/C24H25N3O2/c1-15-6-9-19(12-16(15)2)22-17(3)26(4)24(28)23-21(22)13-25-27(23)14-18-7-10-20(29-5)11-8-18/h6-13H,14H2,1-5H3. The minimum Gasteiger partial charge on any atom is -0.497 e. The van der Waals surface area contributed by atoms with Gasteiger partial charge in [-0.2, -0.15) is 5.10 Å². The highest BCUT2D eigenvalue weighted by Crippen LogP contribution is 2.31. The summed E-state index contributed by atoms with van der Waals surface area (Å²) < 4.78 is 8.75. The second kappa shape index (κ2) is 7.24. The van der Waals surface area contributed by atoms with Crippen molar-refractivity contribution >= 4 is 10.9 Å². The van der Waals surface area contributed by atoms with Crippen LogP contribution >= 0.6 is 0 Å². The fourth-order valence-electron chi connectivity index (χ4n) is 3.75. The number of methoxy groups -OCH3 is 1. The maximum atomic E-state index is 13.1. The lowest BCUT2D eigenvalue weighted by atomic mass is 9.97.